The molecule has 0 aromatic carbocycles. The van der Waals surface area contributed by atoms with Gasteiger partial charge in [0.15, 0.2) is 0 Å². The normalized spacial score (nSPS) is 18.0. The number of hydrogen-bond acceptors (Lipinski definition) is 2. The number of nitrogens with zero attached hydrogens (tertiary/aromatic N) is 2. The Bertz CT molecular complexity index is 743. The number of nitrogens with one attached hydrogen (secondary N) is 1. The molecule has 2 aromatic rings. The summed E-state index contributed by atoms with van der Waals surface area (Å²) in [6.07, 6.45) is 16.7. The van der Waals surface area contributed by atoms with Crippen molar-refractivity contribution >= 4 is 27.5 Å². The molecule has 0 atom stereocenters. The molecule has 0 saturated heterocycles. The van der Waals surface area contributed by atoms with Crippen LogP contribution in [0.2, 0.25) is 0 Å². The van der Waals surface area contributed by atoms with Crippen LogP contribution in [-0.2, 0) is 6.42 Å². The van der Waals surface area contributed by atoms with Gasteiger partial charge in [-0.05, 0) is 47.3 Å². The van der Waals surface area contributed by atoms with Crippen LogP contribution in [0.25, 0.3) is 5.65 Å². The molecule has 2 heterocycles. The third-order valence-electron chi connectivity index (χ3n) is 5.64. The average Bonchev–Trinajstić information content (AvgIpc) is 3.01. The first-order valence-electron chi connectivity index (χ1n) is 10.7. The molecule has 1 N–H and O–H groups in total. The molecule has 1 aliphatic rings. The molecule has 1 aliphatic carbocycles. The molecule has 4 nitrogen and oxygen atoms in total. The van der Waals surface area contributed by atoms with Gasteiger partial charge in [-0.25, -0.2) is 4.98 Å². The summed E-state index contributed by atoms with van der Waals surface area (Å²) in [4.78, 5) is 17.8. The highest BCUT2D eigenvalue weighted by Gasteiger charge is 2.21. The van der Waals surface area contributed by atoms with Gasteiger partial charge in [-0.2, -0.15) is 0 Å². The number of rotatable bonds is 3. The number of fused-ring (bicyclic) bond motifs is 1. The van der Waals surface area contributed by atoms with Crippen molar-refractivity contribution < 1.29 is 4.79 Å². The highest BCUT2D eigenvalue weighted by molar-refractivity contribution is 9.10. The molecular formula is C22H32BrN3O. The first-order chi connectivity index (χ1) is 13.2. The van der Waals surface area contributed by atoms with Crippen LogP contribution in [0.4, 0.5) is 0 Å². The summed E-state index contributed by atoms with van der Waals surface area (Å²) < 4.78 is 2.88. The maximum absolute atomic E-state index is 13.2. The van der Waals surface area contributed by atoms with Crippen LogP contribution < -0.4 is 5.32 Å². The molecule has 2 aromatic heterocycles. The highest BCUT2D eigenvalue weighted by Crippen LogP contribution is 2.20. The number of carbonyl (C=O) groups excluding carboxylic acids is 1. The molecule has 148 valence electrons. The summed E-state index contributed by atoms with van der Waals surface area (Å²) in [5, 5.41) is 3.34. The number of aromatic nitrogens is 2. The first-order valence-corrected chi connectivity index (χ1v) is 11.5. The largest absolute Gasteiger partial charge is 0.348 e. The van der Waals surface area contributed by atoms with Gasteiger partial charge in [0.25, 0.3) is 5.91 Å². The second-order valence-electron chi connectivity index (χ2n) is 7.77. The number of amides is 1. The Balaban J connectivity index is 1.74. The van der Waals surface area contributed by atoms with Crippen LogP contribution in [0.1, 0.15) is 93.7 Å². The molecule has 0 unspecified atom stereocenters. The number of imidazole rings is 1. The first kappa shape index (κ1) is 20.4. The number of halogens is 1. The van der Waals surface area contributed by atoms with Gasteiger partial charge in [-0.15, -0.1) is 0 Å². The fraction of sp³-hybridized carbons (Fsp3) is 0.636. The van der Waals surface area contributed by atoms with E-state index in [4.69, 9.17) is 0 Å². The van der Waals surface area contributed by atoms with E-state index in [9.17, 15) is 4.79 Å². The maximum Gasteiger partial charge on any atom is 0.270 e. The summed E-state index contributed by atoms with van der Waals surface area (Å²) in [6.45, 7) is 2.06. The Morgan fingerprint density at radius 1 is 1.07 bits per heavy atom. The van der Waals surface area contributed by atoms with Gasteiger partial charge in [0.2, 0.25) is 0 Å². The predicted molar refractivity (Wildman–Crippen MR) is 114 cm³/mol. The lowest BCUT2D eigenvalue weighted by molar-refractivity contribution is 0.0924. The van der Waals surface area contributed by atoms with Gasteiger partial charge in [-0.1, -0.05) is 64.7 Å². The molecule has 1 amide bonds. The number of hydrogen-bond donors (Lipinski definition) is 1. The standard InChI is InChI=1S/C22H32BrN3O/c1-2-19-21(26-16-17(23)14-15-20(26)25-19)22(27)24-18-12-10-8-6-4-3-5-7-9-11-13-18/h14-16,18H,2-13H2,1H3,(H,24,27). The van der Waals surface area contributed by atoms with E-state index in [1.807, 2.05) is 22.7 Å². The number of carbonyl (C=O) groups is 1. The van der Waals surface area contributed by atoms with Gasteiger partial charge in [0.05, 0.1) is 5.69 Å². The quantitative estimate of drug-likeness (QED) is 0.638. The molecule has 1 fully saturated rings. The van der Waals surface area contributed by atoms with Crippen molar-refractivity contribution in [3.8, 4) is 0 Å². The number of aryl methyl sites for hydroxylation is 1. The van der Waals surface area contributed by atoms with E-state index in [1.54, 1.807) is 0 Å². The molecule has 0 bridgehead atoms. The minimum absolute atomic E-state index is 0.0227. The second-order valence-corrected chi connectivity index (χ2v) is 8.68. The van der Waals surface area contributed by atoms with Crippen molar-refractivity contribution in [1.82, 2.24) is 14.7 Å². The zero-order valence-corrected chi connectivity index (χ0v) is 18.1. The molecule has 0 aliphatic heterocycles. The zero-order valence-electron chi connectivity index (χ0n) is 16.5. The zero-order chi connectivity index (χ0) is 19.1. The van der Waals surface area contributed by atoms with Gasteiger partial charge in [0, 0.05) is 16.7 Å². The topological polar surface area (TPSA) is 46.4 Å². The van der Waals surface area contributed by atoms with Gasteiger partial charge in [-0.3, -0.25) is 9.20 Å². The molecule has 1 saturated carbocycles. The lowest BCUT2D eigenvalue weighted by Gasteiger charge is -2.20. The molecule has 3 rings (SSSR count). The lowest BCUT2D eigenvalue weighted by Crippen LogP contribution is -2.36. The monoisotopic (exact) mass is 433 g/mol. The van der Waals surface area contributed by atoms with Crippen LogP contribution in [0.5, 0.6) is 0 Å². The minimum Gasteiger partial charge on any atom is -0.348 e. The van der Waals surface area contributed by atoms with Crippen molar-refractivity contribution in [3.05, 3.63) is 34.2 Å². The summed E-state index contributed by atoms with van der Waals surface area (Å²) >= 11 is 3.51. The molecule has 0 spiro atoms. The van der Waals surface area contributed by atoms with Crippen LogP contribution in [0.15, 0.2) is 22.8 Å². The van der Waals surface area contributed by atoms with Crippen molar-refractivity contribution in [1.29, 1.82) is 0 Å². The average molecular weight is 434 g/mol. The van der Waals surface area contributed by atoms with Gasteiger partial charge in [0.1, 0.15) is 11.3 Å². The SMILES string of the molecule is CCc1nc2ccc(Br)cn2c1C(=O)NC1CCCCCCCCCCC1. The van der Waals surface area contributed by atoms with Crippen LogP contribution in [0, 0.1) is 0 Å². The van der Waals surface area contributed by atoms with E-state index >= 15 is 0 Å². The summed E-state index contributed by atoms with van der Waals surface area (Å²) in [7, 11) is 0. The predicted octanol–water partition coefficient (Wildman–Crippen LogP) is 6.06. The van der Waals surface area contributed by atoms with Crippen molar-refractivity contribution in [2.75, 3.05) is 0 Å². The maximum atomic E-state index is 13.2. The summed E-state index contributed by atoms with van der Waals surface area (Å²) in [5.74, 6) is 0.0227. The molecule has 5 heteroatoms. The van der Waals surface area contributed by atoms with E-state index in [0.29, 0.717) is 5.69 Å². The Hall–Kier alpha value is -1.36. The van der Waals surface area contributed by atoms with Gasteiger partial charge >= 0.3 is 0 Å². The summed E-state index contributed by atoms with van der Waals surface area (Å²) in [5.41, 5.74) is 2.40. The minimum atomic E-state index is 0.0227. The van der Waals surface area contributed by atoms with Crippen molar-refractivity contribution in [2.45, 2.75) is 90.0 Å². The number of pyridine rings is 1. The third kappa shape index (κ3) is 5.56. The second kappa shape index (κ2) is 10.3. The van der Waals surface area contributed by atoms with Gasteiger partial charge < -0.3 is 5.32 Å². The fourth-order valence-electron chi connectivity index (χ4n) is 4.12. The van der Waals surface area contributed by atoms with Crippen molar-refractivity contribution in [2.24, 2.45) is 0 Å². The summed E-state index contributed by atoms with van der Waals surface area (Å²) in [6, 6.07) is 4.20. The van der Waals surface area contributed by atoms with Crippen LogP contribution in [0.3, 0.4) is 0 Å². The molecular weight excluding hydrogens is 402 g/mol. The Labute approximate surface area is 171 Å². The van der Waals surface area contributed by atoms with E-state index in [0.717, 1.165) is 35.1 Å². The van der Waals surface area contributed by atoms with Crippen molar-refractivity contribution in [3.63, 3.8) is 0 Å². The fourth-order valence-corrected chi connectivity index (χ4v) is 4.45. The molecule has 27 heavy (non-hydrogen) atoms. The van der Waals surface area contributed by atoms with E-state index in [2.05, 4.69) is 33.2 Å². The lowest BCUT2D eigenvalue weighted by atomic mass is 9.98. The Kier molecular flexibility index (Phi) is 7.74. The Morgan fingerprint density at radius 2 is 1.67 bits per heavy atom. The third-order valence-corrected chi connectivity index (χ3v) is 6.11. The van der Waals surface area contributed by atoms with E-state index in [1.165, 1.54) is 57.8 Å². The van der Waals surface area contributed by atoms with E-state index in [-0.39, 0.29) is 11.9 Å². The Morgan fingerprint density at radius 3 is 2.26 bits per heavy atom. The smallest absolute Gasteiger partial charge is 0.270 e. The highest BCUT2D eigenvalue weighted by atomic mass is 79.9. The van der Waals surface area contributed by atoms with Crippen LogP contribution >= 0.6 is 15.9 Å². The van der Waals surface area contributed by atoms with Crippen LogP contribution in [-0.4, -0.2) is 21.3 Å². The van der Waals surface area contributed by atoms with E-state index < -0.39 is 0 Å². The molecule has 0 radical (unpaired) electrons.